The van der Waals surface area contributed by atoms with Crippen LogP contribution in [-0.2, 0) is 27.8 Å². The molecule has 0 aromatic heterocycles. The largest absolute Gasteiger partial charge is 0.527 e. The van der Waals surface area contributed by atoms with Crippen LogP contribution < -0.4 is 5.73 Å². The number of nitrogens with two attached hydrogens (primary N) is 1. The average Bonchev–Trinajstić information content (AvgIpc) is 3.03. The molecule has 1 saturated heterocycles. The Morgan fingerprint density at radius 3 is 2.52 bits per heavy atom. The van der Waals surface area contributed by atoms with Gasteiger partial charge >= 0.3 is 7.82 Å². The maximum Gasteiger partial charge on any atom is 0.527 e. The van der Waals surface area contributed by atoms with E-state index >= 15 is 0 Å². The molecule has 0 radical (unpaired) electrons. The molecule has 2 fully saturated rings. The molecule has 7 unspecified atom stereocenters. The molecule has 0 amide bonds. The summed E-state index contributed by atoms with van der Waals surface area (Å²) in [4.78, 5) is 10.4. The minimum atomic E-state index is -4.46. The van der Waals surface area contributed by atoms with Crippen LogP contribution >= 0.6 is 7.82 Å². The fraction of sp³-hybridized carbons (Fsp3) is 0.900. The lowest BCUT2D eigenvalue weighted by atomic mass is 9.97. The fourth-order valence-corrected chi connectivity index (χ4v) is 5.13. The predicted octanol–water partition coefficient (Wildman–Crippen LogP) is 3.53. The van der Waals surface area contributed by atoms with E-state index in [4.69, 9.17) is 29.0 Å². The Morgan fingerprint density at radius 2 is 1.93 bits per heavy atom. The number of hydrogen-bond donors (Lipinski definition) is 2. The minimum absolute atomic E-state index is 0.00309. The van der Waals surface area contributed by atoms with Crippen molar-refractivity contribution >= 4 is 7.82 Å². The van der Waals surface area contributed by atoms with E-state index in [0.29, 0.717) is 19.3 Å². The zero-order valence-corrected chi connectivity index (χ0v) is 19.4. The van der Waals surface area contributed by atoms with Crippen molar-refractivity contribution in [1.29, 1.82) is 0 Å². The molecule has 1 saturated carbocycles. The Bertz CT molecular complexity index is 614. The van der Waals surface area contributed by atoms with Gasteiger partial charge in [0.1, 0.15) is 11.9 Å². The van der Waals surface area contributed by atoms with Crippen molar-refractivity contribution in [2.45, 2.75) is 103 Å². The Labute approximate surface area is 174 Å². The molecule has 0 bridgehead atoms. The summed E-state index contributed by atoms with van der Waals surface area (Å²) in [6.45, 7) is 15.7. The lowest BCUT2D eigenvalue weighted by molar-refractivity contribution is -0.0443. The van der Waals surface area contributed by atoms with Crippen LogP contribution in [0, 0.1) is 5.92 Å². The third-order valence-electron chi connectivity index (χ3n) is 5.21. The molecule has 1 aliphatic carbocycles. The lowest BCUT2D eigenvalue weighted by Gasteiger charge is -2.33. The van der Waals surface area contributed by atoms with Gasteiger partial charge in [-0.3, -0.25) is 9.42 Å². The standard InChI is InChI=1S/C20H38NO7P/c1-12(2)24-11-20(21)10-14(5)8-18(20)28-29(22,23)27-16(7)19-17(25-13(3)4)9-15(6)26-19/h12-15,17-19H,7-11,21H2,1-6H3,(H,22,23). The SMILES string of the molecule is C=C(OP(=O)(O)OC1CC(C)CC1(N)COC(C)C)C1OC(C)CC1OC(C)C. The highest BCUT2D eigenvalue weighted by Crippen LogP contribution is 2.52. The highest BCUT2D eigenvalue weighted by Gasteiger charge is 2.49. The maximum absolute atomic E-state index is 12.7. The number of phosphoric acid groups is 1. The van der Waals surface area contributed by atoms with Gasteiger partial charge in [-0.15, -0.1) is 0 Å². The summed E-state index contributed by atoms with van der Waals surface area (Å²) < 4.78 is 40.9. The molecular weight excluding hydrogens is 397 g/mol. The molecule has 170 valence electrons. The van der Waals surface area contributed by atoms with Gasteiger partial charge in [-0.1, -0.05) is 13.5 Å². The highest BCUT2D eigenvalue weighted by molar-refractivity contribution is 7.47. The van der Waals surface area contributed by atoms with E-state index in [2.05, 4.69) is 6.58 Å². The topological polar surface area (TPSA) is 109 Å². The summed E-state index contributed by atoms with van der Waals surface area (Å²) >= 11 is 0. The van der Waals surface area contributed by atoms with Crippen LogP contribution in [0.2, 0.25) is 0 Å². The van der Waals surface area contributed by atoms with Gasteiger partial charge in [0, 0.05) is 6.42 Å². The summed E-state index contributed by atoms with van der Waals surface area (Å²) in [6, 6.07) is 0. The van der Waals surface area contributed by atoms with Gasteiger partial charge in [0.15, 0.2) is 0 Å². The Morgan fingerprint density at radius 1 is 1.28 bits per heavy atom. The van der Waals surface area contributed by atoms with Crippen molar-refractivity contribution in [3.05, 3.63) is 12.3 Å². The first kappa shape index (κ1) is 24.8. The fourth-order valence-electron chi connectivity index (χ4n) is 4.07. The van der Waals surface area contributed by atoms with E-state index in [-0.39, 0.29) is 42.7 Å². The normalized spacial score (nSPS) is 37.2. The predicted molar refractivity (Wildman–Crippen MR) is 110 cm³/mol. The first-order valence-electron chi connectivity index (χ1n) is 10.4. The second-order valence-electron chi connectivity index (χ2n) is 9.08. The molecular formula is C20H38NO7P. The van der Waals surface area contributed by atoms with Gasteiger partial charge in [-0.05, 0) is 53.4 Å². The lowest BCUT2D eigenvalue weighted by Crippen LogP contribution is -2.52. The van der Waals surface area contributed by atoms with Crippen LogP contribution in [0.25, 0.3) is 0 Å². The zero-order valence-electron chi connectivity index (χ0n) is 18.5. The molecule has 9 heteroatoms. The number of hydrogen-bond acceptors (Lipinski definition) is 7. The molecule has 0 aromatic rings. The van der Waals surface area contributed by atoms with E-state index in [1.165, 1.54) is 0 Å². The summed E-state index contributed by atoms with van der Waals surface area (Å²) in [5.74, 6) is 0.268. The summed E-state index contributed by atoms with van der Waals surface area (Å²) in [6.07, 6.45) is 0.175. The van der Waals surface area contributed by atoms with Gasteiger partial charge in [0.25, 0.3) is 0 Å². The Kier molecular flexibility index (Phi) is 8.36. The number of rotatable bonds is 10. The summed E-state index contributed by atoms with van der Waals surface area (Å²) in [5, 5.41) is 0. The van der Waals surface area contributed by atoms with Crippen LogP contribution in [-0.4, -0.2) is 53.7 Å². The van der Waals surface area contributed by atoms with E-state index in [1.54, 1.807) is 0 Å². The molecule has 2 aliphatic rings. The molecule has 7 atom stereocenters. The number of ether oxygens (including phenoxy) is 3. The summed E-state index contributed by atoms with van der Waals surface area (Å²) in [7, 11) is -4.46. The van der Waals surface area contributed by atoms with Crippen LogP contribution in [0.3, 0.4) is 0 Å². The van der Waals surface area contributed by atoms with Crippen LogP contribution in [0.15, 0.2) is 12.3 Å². The molecule has 3 N–H and O–H groups in total. The van der Waals surface area contributed by atoms with E-state index < -0.39 is 25.6 Å². The third-order valence-corrected chi connectivity index (χ3v) is 6.20. The molecule has 8 nitrogen and oxygen atoms in total. The van der Waals surface area contributed by atoms with Crippen LogP contribution in [0.4, 0.5) is 0 Å². The van der Waals surface area contributed by atoms with Crippen molar-refractivity contribution < 1.29 is 32.7 Å². The van der Waals surface area contributed by atoms with Crippen molar-refractivity contribution in [3.8, 4) is 0 Å². The van der Waals surface area contributed by atoms with Crippen LogP contribution in [0.1, 0.15) is 60.8 Å². The minimum Gasteiger partial charge on any atom is -0.406 e. The molecule has 0 spiro atoms. The van der Waals surface area contributed by atoms with Crippen molar-refractivity contribution in [3.63, 3.8) is 0 Å². The van der Waals surface area contributed by atoms with Gasteiger partial charge in [-0.25, -0.2) is 4.57 Å². The Balaban J connectivity index is 2.02. The van der Waals surface area contributed by atoms with Gasteiger partial charge in [0.05, 0.1) is 42.7 Å². The smallest absolute Gasteiger partial charge is 0.406 e. The summed E-state index contributed by atoms with van der Waals surface area (Å²) in [5.41, 5.74) is 5.64. The maximum atomic E-state index is 12.7. The van der Waals surface area contributed by atoms with Crippen molar-refractivity contribution in [2.75, 3.05) is 6.61 Å². The van der Waals surface area contributed by atoms with Crippen molar-refractivity contribution in [1.82, 2.24) is 0 Å². The molecule has 2 rings (SSSR count). The zero-order chi connectivity index (χ0) is 22.0. The van der Waals surface area contributed by atoms with Crippen molar-refractivity contribution in [2.24, 2.45) is 11.7 Å². The van der Waals surface area contributed by atoms with Gasteiger partial charge in [0.2, 0.25) is 0 Å². The highest BCUT2D eigenvalue weighted by atomic mass is 31.2. The Hall–Kier alpha value is -0.470. The molecule has 29 heavy (non-hydrogen) atoms. The molecule has 1 heterocycles. The van der Waals surface area contributed by atoms with Gasteiger partial charge < -0.3 is 24.5 Å². The van der Waals surface area contributed by atoms with E-state index in [0.717, 1.165) is 0 Å². The van der Waals surface area contributed by atoms with Gasteiger partial charge in [-0.2, -0.15) is 0 Å². The van der Waals surface area contributed by atoms with Crippen LogP contribution in [0.5, 0.6) is 0 Å². The van der Waals surface area contributed by atoms with E-state index in [1.807, 2.05) is 41.5 Å². The average molecular weight is 435 g/mol. The first-order valence-corrected chi connectivity index (χ1v) is 11.9. The molecule has 0 aromatic carbocycles. The van der Waals surface area contributed by atoms with E-state index in [9.17, 15) is 9.46 Å². The monoisotopic (exact) mass is 435 g/mol. The quantitative estimate of drug-likeness (QED) is 0.396. The second-order valence-corrected chi connectivity index (χ2v) is 10.4. The number of phosphoric ester groups is 1. The second kappa shape index (κ2) is 9.77. The first-order chi connectivity index (χ1) is 13.3. The molecule has 1 aliphatic heterocycles. The third kappa shape index (κ3) is 7.03.